The van der Waals surface area contributed by atoms with Gasteiger partial charge in [0.05, 0.1) is 5.75 Å². The fourth-order valence-electron chi connectivity index (χ4n) is 2.48. The quantitative estimate of drug-likeness (QED) is 0.734. The summed E-state index contributed by atoms with van der Waals surface area (Å²) in [4.78, 5) is 13.9. The van der Waals surface area contributed by atoms with E-state index in [4.69, 9.17) is 0 Å². The van der Waals surface area contributed by atoms with Crippen molar-refractivity contribution in [3.8, 4) is 0 Å². The first-order valence-corrected chi connectivity index (χ1v) is 8.32. The molecule has 1 fully saturated rings. The molecule has 0 radical (unpaired) electrons. The Bertz CT molecular complexity index is 404. The van der Waals surface area contributed by atoms with E-state index in [2.05, 4.69) is 0 Å². The SMILES string of the molecule is C/C=C/CS(=O)(=O)CC(=O)N1[C@H](C)CCC[C@@H]1C. The van der Waals surface area contributed by atoms with Crippen LogP contribution < -0.4 is 0 Å². The molecule has 1 amide bonds. The number of likely N-dealkylation sites (tertiary alicyclic amines) is 1. The van der Waals surface area contributed by atoms with Gasteiger partial charge in [-0.2, -0.15) is 0 Å². The second kappa shape index (κ2) is 6.36. The molecular formula is C13H23NO3S. The van der Waals surface area contributed by atoms with Crippen LogP contribution >= 0.6 is 0 Å². The summed E-state index contributed by atoms with van der Waals surface area (Å²) < 4.78 is 23.5. The first-order valence-electron chi connectivity index (χ1n) is 6.50. The smallest absolute Gasteiger partial charge is 0.238 e. The number of nitrogens with zero attached hydrogens (tertiary/aromatic N) is 1. The molecule has 0 unspecified atom stereocenters. The highest BCUT2D eigenvalue weighted by Crippen LogP contribution is 2.22. The molecule has 1 heterocycles. The number of piperidine rings is 1. The Labute approximate surface area is 110 Å². The minimum atomic E-state index is -3.32. The summed E-state index contributed by atoms with van der Waals surface area (Å²) in [6.07, 6.45) is 6.30. The lowest BCUT2D eigenvalue weighted by Gasteiger charge is -2.39. The summed E-state index contributed by atoms with van der Waals surface area (Å²) in [6, 6.07) is 0.302. The largest absolute Gasteiger partial charge is 0.336 e. The number of rotatable bonds is 4. The van der Waals surface area contributed by atoms with E-state index in [1.807, 2.05) is 13.8 Å². The Morgan fingerprint density at radius 2 is 1.83 bits per heavy atom. The highest BCUT2D eigenvalue weighted by molar-refractivity contribution is 7.92. The molecule has 104 valence electrons. The van der Waals surface area contributed by atoms with Crippen molar-refractivity contribution >= 4 is 15.7 Å². The maximum absolute atomic E-state index is 12.1. The third-order valence-electron chi connectivity index (χ3n) is 3.41. The maximum atomic E-state index is 12.1. The molecular weight excluding hydrogens is 250 g/mol. The second-order valence-electron chi connectivity index (χ2n) is 5.05. The minimum Gasteiger partial charge on any atom is -0.336 e. The van der Waals surface area contributed by atoms with E-state index in [1.165, 1.54) is 0 Å². The summed E-state index contributed by atoms with van der Waals surface area (Å²) in [5.41, 5.74) is 0. The van der Waals surface area contributed by atoms with Gasteiger partial charge in [0.15, 0.2) is 9.84 Å². The molecule has 0 aliphatic carbocycles. The summed E-state index contributed by atoms with van der Waals surface area (Å²) in [6.45, 7) is 5.75. The predicted octanol–water partition coefficient (Wildman–Crippen LogP) is 1.77. The molecule has 5 heteroatoms. The number of hydrogen-bond donors (Lipinski definition) is 0. The molecule has 4 nitrogen and oxygen atoms in total. The Morgan fingerprint density at radius 3 is 2.33 bits per heavy atom. The zero-order valence-corrected chi connectivity index (χ0v) is 12.2. The monoisotopic (exact) mass is 273 g/mol. The van der Waals surface area contributed by atoms with Gasteiger partial charge < -0.3 is 4.90 Å². The lowest BCUT2D eigenvalue weighted by atomic mass is 9.98. The van der Waals surface area contributed by atoms with Crippen LogP contribution in [0.1, 0.15) is 40.0 Å². The van der Waals surface area contributed by atoms with E-state index >= 15 is 0 Å². The maximum Gasteiger partial charge on any atom is 0.238 e. The molecule has 1 aliphatic heterocycles. The van der Waals surface area contributed by atoms with Gasteiger partial charge >= 0.3 is 0 Å². The molecule has 1 saturated heterocycles. The van der Waals surface area contributed by atoms with Crippen LogP contribution in [0.15, 0.2) is 12.2 Å². The first-order chi connectivity index (χ1) is 8.37. The Kier molecular flexibility index (Phi) is 5.38. The van der Waals surface area contributed by atoms with Crippen LogP contribution in [0, 0.1) is 0 Å². The Morgan fingerprint density at radius 1 is 1.28 bits per heavy atom. The van der Waals surface area contributed by atoms with Gasteiger partial charge in [-0.3, -0.25) is 4.79 Å². The van der Waals surface area contributed by atoms with Gasteiger partial charge in [0.25, 0.3) is 0 Å². The molecule has 0 aromatic heterocycles. The average molecular weight is 273 g/mol. The highest BCUT2D eigenvalue weighted by atomic mass is 32.2. The minimum absolute atomic E-state index is 0.0498. The van der Waals surface area contributed by atoms with E-state index in [-0.39, 0.29) is 29.5 Å². The molecule has 18 heavy (non-hydrogen) atoms. The van der Waals surface area contributed by atoms with Crippen LogP contribution in [0.25, 0.3) is 0 Å². The van der Waals surface area contributed by atoms with Crippen LogP contribution in [-0.2, 0) is 14.6 Å². The number of carbonyl (C=O) groups excluding carboxylic acids is 1. The van der Waals surface area contributed by atoms with E-state index in [1.54, 1.807) is 24.0 Å². The van der Waals surface area contributed by atoms with Crippen LogP contribution in [0.2, 0.25) is 0 Å². The molecule has 0 bridgehead atoms. The highest BCUT2D eigenvalue weighted by Gasteiger charge is 2.31. The van der Waals surface area contributed by atoms with Gasteiger partial charge in [0.2, 0.25) is 5.91 Å². The standard InChI is InChI=1S/C13H23NO3S/c1-4-5-9-18(16,17)10-13(15)14-11(2)7-6-8-12(14)3/h4-5,11-12H,6-10H2,1-3H3/b5-4+/t11-,12+. The summed E-state index contributed by atoms with van der Waals surface area (Å²) in [7, 11) is -3.32. The van der Waals surface area contributed by atoms with Crippen LogP contribution in [0.3, 0.4) is 0 Å². The van der Waals surface area contributed by atoms with Gasteiger partial charge in [-0.25, -0.2) is 8.42 Å². The zero-order chi connectivity index (χ0) is 13.8. The van der Waals surface area contributed by atoms with Crippen LogP contribution in [-0.4, -0.2) is 42.8 Å². The van der Waals surface area contributed by atoms with Gasteiger partial charge in [-0.05, 0) is 40.0 Å². The number of hydrogen-bond acceptors (Lipinski definition) is 3. The Balaban J connectivity index is 2.69. The second-order valence-corrected chi connectivity index (χ2v) is 7.16. The summed E-state index contributed by atoms with van der Waals surface area (Å²) >= 11 is 0. The van der Waals surface area contributed by atoms with Gasteiger partial charge in [0, 0.05) is 12.1 Å². The lowest BCUT2D eigenvalue weighted by Crippen LogP contribution is -2.49. The normalized spacial score (nSPS) is 25.6. The number of carbonyl (C=O) groups is 1. The number of allylic oxidation sites excluding steroid dienone is 1. The predicted molar refractivity (Wildman–Crippen MR) is 73.1 cm³/mol. The van der Waals surface area contributed by atoms with E-state index < -0.39 is 9.84 Å². The van der Waals surface area contributed by atoms with Crippen LogP contribution in [0.5, 0.6) is 0 Å². The van der Waals surface area contributed by atoms with Crippen molar-refractivity contribution in [3.63, 3.8) is 0 Å². The fourth-order valence-corrected chi connectivity index (χ4v) is 3.61. The zero-order valence-electron chi connectivity index (χ0n) is 11.4. The van der Waals surface area contributed by atoms with E-state index in [0.717, 1.165) is 19.3 Å². The summed E-state index contributed by atoms with van der Waals surface area (Å²) in [5.74, 6) is -0.670. The summed E-state index contributed by atoms with van der Waals surface area (Å²) in [5, 5.41) is 0. The molecule has 0 N–H and O–H groups in total. The lowest BCUT2D eigenvalue weighted by molar-refractivity contribution is -0.134. The molecule has 0 aromatic carbocycles. The average Bonchev–Trinajstić information content (AvgIpc) is 2.25. The molecule has 1 rings (SSSR count). The third kappa shape index (κ3) is 4.12. The first kappa shape index (κ1) is 15.2. The van der Waals surface area contributed by atoms with Crippen molar-refractivity contribution in [3.05, 3.63) is 12.2 Å². The molecule has 0 aromatic rings. The van der Waals surface area contributed by atoms with Crippen molar-refractivity contribution in [1.82, 2.24) is 4.90 Å². The topological polar surface area (TPSA) is 54.5 Å². The molecule has 1 aliphatic rings. The van der Waals surface area contributed by atoms with Crippen LogP contribution in [0.4, 0.5) is 0 Å². The molecule has 2 atom stereocenters. The van der Waals surface area contributed by atoms with Crippen molar-refractivity contribution < 1.29 is 13.2 Å². The van der Waals surface area contributed by atoms with Crippen molar-refractivity contribution in [2.75, 3.05) is 11.5 Å². The van der Waals surface area contributed by atoms with Gasteiger partial charge in [-0.1, -0.05) is 12.2 Å². The van der Waals surface area contributed by atoms with Crippen molar-refractivity contribution in [1.29, 1.82) is 0 Å². The third-order valence-corrected chi connectivity index (χ3v) is 4.80. The van der Waals surface area contributed by atoms with Crippen molar-refractivity contribution in [2.24, 2.45) is 0 Å². The van der Waals surface area contributed by atoms with E-state index in [0.29, 0.717) is 0 Å². The number of amides is 1. The van der Waals surface area contributed by atoms with Gasteiger partial charge in [-0.15, -0.1) is 0 Å². The molecule has 0 saturated carbocycles. The number of sulfone groups is 1. The van der Waals surface area contributed by atoms with Crippen molar-refractivity contribution in [2.45, 2.75) is 52.1 Å². The fraction of sp³-hybridized carbons (Fsp3) is 0.769. The van der Waals surface area contributed by atoms with Gasteiger partial charge in [0.1, 0.15) is 5.75 Å². The Hall–Kier alpha value is -0.840. The molecule has 0 spiro atoms. The van der Waals surface area contributed by atoms with E-state index in [9.17, 15) is 13.2 Å².